The fourth-order valence-corrected chi connectivity index (χ4v) is 5.54. The molecule has 0 saturated carbocycles. The third-order valence-corrected chi connectivity index (χ3v) is 7.03. The first-order chi connectivity index (χ1) is 14.6. The van der Waals surface area contributed by atoms with Gasteiger partial charge in [0.25, 0.3) is 0 Å². The fourth-order valence-electron chi connectivity index (χ4n) is 3.87. The average Bonchev–Trinajstić information content (AvgIpc) is 3.18. The van der Waals surface area contributed by atoms with Crippen LogP contribution in [0.4, 0.5) is 5.69 Å². The Morgan fingerprint density at radius 1 is 1.10 bits per heavy atom. The van der Waals surface area contributed by atoms with Crippen LogP contribution in [-0.2, 0) is 27.9 Å². The molecule has 1 saturated heterocycles. The molecule has 1 aliphatic heterocycles. The van der Waals surface area contributed by atoms with Gasteiger partial charge in [-0.25, -0.2) is 8.42 Å². The first-order valence-corrected chi connectivity index (χ1v) is 12.8. The molecule has 0 aromatic heterocycles. The van der Waals surface area contributed by atoms with Crippen molar-refractivity contribution in [2.24, 2.45) is 0 Å². The molecule has 1 atom stereocenters. The zero-order valence-corrected chi connectivity index (χ0v) is 20.0. The lowest BCUT2D eigenvalue weighted by Gasteiger charge is -2.28. The van der Waals surface area contributed by atoms with E-state index in [0.29, 0.717) is 16.6 Å². The minimum absolute atomic E-state index is 0.247. The van der Waals surface area contributed by atoms with Gasteiger partial charge < -0.3 is 5.32 Å². The van der Waals surface area contributed by atoms with Crippen molar-refractivity contribution >= 4 is 44.8 Å². The third kappa shape index (κ3) is 6.35. The Morgan fingerprint density at radius 3 is 2.26 bits per heavy atom. The summed E-state index contributed by atoms with van der Waals surface area (Å²) in [6, 6.07) is 11.5. The van der Waals surface area contributed by atoms with Gasteiger partial charge in [0.15, 0.2) is 0 Å². The molecular formula is C22H27Cl2N3O3S. The number of rotatable bonds is 8. The quantitative estimate of drug-likeness (QED) is 0.614. The van der Waals surface area contributed by atoms with Crippen molar-refractivity contribution < 1.29 is 13.2 Å². The van der Waals surface area contributed by atoms with Gasteiger partial charge in [0.1, 0.15) is 6.04 Å². The Hall–Kier alpha value is -1.80. The van der Waals surface area contributed by atoms with Crippen molar-refractivity contribution in [2.45, 2.75) is 38.9 Å². The average molecular weight is 484 g/mol. The number of sulfonamides is 1. The molecule has 31 heavy (non-hydrogen) atoms. The molecule has 1 aliphatic rings. The minimum Gasteiger partial charge on any atom is -0.350 e. The highest BCUT2D eigenvalue weighted by Crippen LogP contribution is 2.28. The summed E-state index contributed by atoms with van der Waals surface area (Å²) in [4.78, 5) is 15.3. The van der Waals surface area contributed by atoms with E-state index in [-0.39, 0.29) is 5.69 Å². The summed E-state index contributed by atoms with van der Waals surface area (Å²) in [5, 5.41) is 3.47. The number of carbonyl (C=O) groups is 1. The van der Waals surface area contributed by atoms with Gasteiger partial charge >= 0.3 is 0 Å². The number of nitrogens with one attached hydrogen (secondary N) is 1. The number of halogens is 2. The third-order valence-electron chi connectivity index (χ3n) is 5.35. The normalized spacial score (nSPS) is 15.6. The van der Waals surface area contributed by atoms with Crippen LogP contribution in [0.15, 0.2) is 42.5 Å². The standard InChI is InChI=1S/C22H27Cl2N3O3S/c1-16(27(31(2,29)30)21-12-19(23)11-20(24)13-21)22(28)25-14-17-7-3-4-8-18(17)15-26-9-5-6-10-26/h3-4,7-8,11-13,16H,5-6,9-10,14-15H2,1-2H3,(H,25,28)/t16-/m0/s1. The lowest BCUT2D eigenvalue weighted by Crippen LogP contribution is -2.47. The van der Waals surface area contributed by atoms with Crippen LogP contribution in [0.3, 0.4) is 0 Å². The molecule has 9 heteroatoms. The summed E-state index contributed by atoms with van der Waals surface area (Å²) in [7, 11) is -3.75. The van der Waals surface area contributed by atoms with E-state index in [9.17, 15) is 13.2 Å². The molecule has 2 aromatic rings. The minimum atomic E-state index is -3.75. The smallest absolute Gasteiger partial charge is 0.243 e. The fraction of sp³-hybridized carbons (Fsp3) is 0.409. The zero-order valence-electron chi connectivity index (χ0n) is 17.6. The molecule has 0 bridgehead atoms. The van der Waals surface area contributed by atoms with Crippen LogP contribution >= 0.6 is 23.2 Å². The second kappa shape index (κ2) is 10.2. The number of hydrogen-bond acceptors (Lipinski definition) is 4. The molecule has 1 amide bonds. The highest BCUT2D eigenvalue weighted by Gasteiger charge is 2.29. The molecule has 0 unspecified atom stereocenters. The number of anilines is 1. The molecule has 0 spiro atoms. The monoisotopic (exact) mass is 483 g/mol. The lowest BCUT2D eigenvalue weighted by atomic mass is 10.1. The lowest BCUT2D eigenvalue weighted by molar-refractivity contribution is -0.122. The zero-order chi connectivity index (χ0) is 22.6. The van der Waals surface area contributed by atoms with Gasteiger partial charge in [-0.05, 0) is 62.2 Å². The van der Waals surface area contributed by atoms with Gasteiger partial charge in [0, 0.05) is 23.1 Å². The summed E-state index contributed by atoms with van der Waals surface area (Å²) in [5.41, 5.74) is 2.43. The largest absolute Gasteiger partial charge is 0.350 e. The number of likely N-dealkylation sites (tertiary alicyclic amines) is 1. The Labute approximate surface area is 194 Å². The number of nitrogens with zero attached hydrogens (tertiary/aromatic N) is 2. The molecule has 3 rings (SSSR count). The highest BCUT2D eigenvalue weighted by molar-refractivity contribution is 7.92. The van der Waals surface area contributed by atoms with Gasteiger partial charge in [-0.3, -0.25) is 14.0 Å². The molecule has 0 radical (unpaired) electrons. The molecule has 6 nitrogen and oxygen atoms in total. The second-order valence-electron chi connectivity index (χ2n) is 7.83. The first kappa shape index (κ1) is 23.9. The van der Waals surface area contributed by atoms with Crippen molar-refractivity contribution in [3.63, 3.8) is 0 Å². The van der Waals surface area contributed by atoms with E-state index in [4.69, 9.17) is 23.2 Å². The maximum Gasteiger partial charge on any atom is 0.243 e. The molecule has 1 N–H and O–H groups in total. The van der Waals surface area contributed by atoms with E-state index in [0.717, 1.165) is 35.8 Å². The van der Waals surface area contributed by atoms with Gasteiger partial charge in [0.05, 0.1) is 11.9 Å². The predicted molar refractivity (Wildman–Crippen MR) is 126 cm³/mol. The summed E-state index contributed by atoms with van der Waals surface area (Å²) >= 11 is 12.1. The maximum atomic E-state index is 12.9. The van der Waals surface area contributed by atoms with Crippen LogP contribution in [0.5, 0.6) is 0 Å². The van der Waals surface area contributed by atoms with E-state index in [1.54, 1.807) is 6.92 Å². The number of carbonyl (C=O) groups excluding carboxylic acids is 1. The van der Waals surface area contributed by atoms with E-state index >= 15 is 0 Å². The van der Waals surface area contributed by atoms with Crippen molar-refractivity contribution in [1.82, 2.24) is 10.2 Å². The molecule has 1 heterocycles. The van der Waals surface area contributed by atoms with Crippen molar-refractivity contribution in [2.75, 3.05) is 23.7 Å². The predicted octanol–water partition coefficient (Wildman–Crippen LogP) is 4.06. The van der Waals surface area contributed by atoms with Gasteiger partial charge in [-0.2, -0.15) is 0 Å². The first-order valence-electron chi connectivity index (χ1n) is 10.2. The Kier molecular flexibility index (Phi) is 7.86. The summed E-state index contributed by atoms with van der Waals surface area (Å²) in [5.74, 6) is -0.405. The summed E-state index contributed by atoms with van der Waals surface area (Å²) in [6.07, 6.45) is 3.48. The van der Waals surface area contributed by atoms with Gasteiger partial charge in [-0.1, -0.05) is 47.5 Å². The van der Waals surface area contributed by atoms with Crippen LogP contribution in [0.2, 0.25) is 10.0 Å². The van der Waals surface area contributed by atoms with Gasteiger partial charge in [-0.15, -0.1) is 0 Å². The molecule has 168 valence electrons. The summed E-state index contributed by atoms with van der Waals surface area (Å²) in [6.45, 7) is 4.88. The maximum absolute atomic E-state index is 12.9. The topological polar surface area (TPSA) is 69.7 Å². The van der Waals surface area contributed by atoms with Crippen molar-refractivity contribution in [3.8, 4) is 0 Å². The van der Waals surface area contributed by atoms with Gasteiger partial charge in [0.2, 0.25) is 15.9 Å². The van der Waals surface area contributed by atoms with Crippen LogP contribution in [-0.4, -0.2) is 44.6 Å². The van der Waals surface area contributed by atoms with Crippen LogP contribution in [0, 0.1) is 0 Å². The number of benzene rings is 2. The van der Waals surface area contributed by atoms with E-state index in [1.165, 1.54) is 36.6 Å². The summed E-state index contributed by atoms with van der Waals surface area (Å²) < 4.78 is 26.0. The van der Waals surface area contributed by atoms with Crippen molar-refractivity contribution in [1.29, 1.82) is 0 Å². The molecule has 1 fully saturated rings. The van der Waals surface area contributed by atoms with E-state index < -0.39 is 22.0 Å². The molecule has 0 aliphatic carbocycles. The van der Waals surface area contributed by atoms with Crippen LogP contribution < -0.4 is 9.62 Å². The van der Waals surface area contributed by atoms with E-state index in [2.05, 4.69) is 16.3 Å². The highest BCUT2D eigenvalue weighted by atomic mass is 35.5. The van der Waals surface area contributed by atoms with Crippen LogP contribution in [0.25, 0.3) is 0 Å². The van der Waals surface area contributed by atoms with Crippen LogP contribution in [0.1, 0.15) is 30.9 Å². The molecule has 2 aromatic carbocycles. The Balaban J connectivity index is 1.74. The Bertz CT molecular complexity index is 1020. The number of hydrogen-bond donors (Lipinski definition) is 1. The van der Waals surface area contributed by atoms with Crippen molar-refractivity contribution in [3.05, 3.63) is 63.6 Å². The second-order valence-corrected chi connectivity index (χ2v) is 10.6. The molecular weight excluding hydrogens is 457 g/mol. The SMILES string of the molecule is C[C@@H](C(=O)NCc1ccccc1CN1CCCC1)N(c1cc(Cl)cc(Cl)c1)S(C)(=O)=O. The Morgan fingerprint density at radius 2 is 1.68 bits per heavy atom. The van der Waals surface area contributed by atoms with E-state index in [1.807, 2.05) is 18.2 Å². The number of amides is 1.